The fourth-order valence-corrected chi connectivity index (χ4v) is 2.30. The van der Waals surface area contributed by atoms with Crippen LogP contribution in [0.5, 0.6) is 0 Å². The van der Waals surface area contributed by atoms with Gasteiger partial charge in [-0.15, -0.1) is 0 Å². The van der Waals surface area contributed by atoms with E-state index in [-0.39, 0.29) is 0 Å². The first-order chi connectivity index (χ1) is 10.7. The van der Waals surface area contributed by atoms with Crippen molar-refractivity contribution in [3.63, 3.8) is 0 Å². The number of hydrogen-bond acceptors (Lipinski definition) is 5. The summed E-state index contributed by atoms with van der Waals surface area (Å²) in [4.78, 5) is 10.9. The Balaban J connectivity index is 2.12. The third-order valence-corrected chi connectivity index (χ3v) is 3.39. The number of ether oxygens (including phenoxy) is 1. The number of aromatic nitrogens is 2. The van der Waals surface area contributed by atoms with Crippen LogP contribution in [0.4, 0.5) is 17.3 Å². The van der Waals surface area contributed by atoms with Crippen LogP contribution >= 0.6 is 0 Å². The molecule has 0 aliphatic heterocycles. The van der Waals surface area contributed by atoms with Crippen molar-refractivity contribution in [3.05, 3.63) is 42.2 Å². The standard InChI is InChI=1S/C17H24N4O/c1-4-21(15-8-5-7-14(2)11-15)17-12-16(19-13-20-17)18-9-6-10-22-3/h5,7-8,11-13H,4,6,9-10H2,1-3H3,(H,18,19,20). The van der Waals surface area contributed by atoms with Gasteiger partial charge in [-0.3, -0.25) is 0 Å². The first-order valence-electron chi connectivity index (χ1n) is 7.63. The summed E-state index contributed by atoms with van der Waals surface area (Å²) in [6.45, 7) is 6.65. The highest BCUT2D eigenvalue weighted by atomic mass is 16.5. The molecule has 5 nitrogen and oxygen atoms in total. The third-order valence-electron chi connectivity index (χ3n) is 3.39. The van der Waals surface area contributed by atoms with E-state index >= 15 is 0 Å². The van der Waals surface area contributed by atoms with Gasteiger partial charge in [0.15, 0.2) is 0 Å². The second-order valence-electron chi connectivity index (χ2n) is 5.12. The topological polar surface area (TPSA) is 50.3 Å². The smallest absolute Gasteiger partial charge is 0.138 e. The lowest BCUT2D eigenvalue weighted by Crippen LogP contribution is -2.18. The first kappa shape index (κ1) is 16.2. The molecule has 0 aliphatic rings. The van der Waals surface area contributed by atoms with Crippen molar-refractivity contribution in [3.8, 4) is 0 Å². The molecular weight excluding hydrogens is 276 g/mol. The molecule has 0 saturated heterocycles. The van der Waals surface area contributed by atoms with Crippen molar-refractivity contribution in [2.24, 2.45) is 0 Å². The quantitative estimate of drug-likeness (QED) is 0.757. The summed E-state index contributed by atoms with van der Waals surface area (Å²) in [6, 6.07) is 10.4. The Labute approximate surface area is 132 Å². The first-order valence-corrected chi connectivity index (χ1v) is 7.63. The summed E-state index contributed by atoms with van der Waals surface area (Å²) in [5.74, 6) is 1.74. The second-order valence-corrected chi connectivity index (χ2v) is 5.12. The molecular formula is C17H24N4O. The summed E-state index contributed by atoms with van der Waals surface area (Å²) < 4.78 is 5.05. The van der Waals surface area contributed by atoms with Gasteiger partial charge in [0.05, 0.1) is 0 Å². The zero-order valence-corrected chi connectivity index (χ0v) is 13.5. The van der Waals surface area contributed by atoms with Crippen LogP contribution in [-0.4, -0.2) is 36.8 Å². The average Bonchev–Trinajstić information content (AvgIpc) is 2.53. The lowest BCUT2D eigenvalue weighted by atomic mass is 10.2. The van der Waals surface area contributed by atoms with Crippen LogP contribution in [0, 0.1) is 6.92 Å². The maximum atomic E-state index is 5.05. The van der Waals surface area contributed by atoms with Crippen LogP contribution in [0.1, 0.15) is 18.9 Å². The molecule has 0 radical (unpaired) electrons. The van der Waals surface area contributed by atoms with E-state index < -0.39 is 0 Å². The molecule has 0 bridgehead atoms. The molecule has 0 saturated carbocycles. The largest absolute Gasteiger partial charge is 0.385 e. The van der Waals surface area contributed by atoms with Crippen molar-refractivity contribution in [1.29, 1.82) is 0 Å². The molecule has 1 heterocycles. The van der Waals surface area contributed by atoms with E-state index in [1.54, 1.807) is 13.4 Å². The van der Waals surface area contributed by atoms with Crippen LogP contribution < -0.4 is 10.2 Å². The highest BCUT2D eigenvalue weighted by molar-refractivity contribution is 5.62. The van der Waals surface area contributed by atoms with Gasteiger partial charge in [-0.2, -0.15) is 0 Å². The van der Waals surface area contributed by atoms with Crippen molar-refractivity contribution >= 4 is 17.3 Å². The number of nitrogens with one attached hydrogen (secondary N) is 1. The summed E-state index contributed by atoms with van der Waals surface area (Å²) in [6.07, 6.45) is 2.55. The molecule has 1 aromatic carbocycles. The van der Waals surface area contributed by atoms with Gasteiger partial charge in [0.1, 0.15) is 18.0 Å². The SMILES string of the molecule is CCN(c1cccc(C)c1)c1cc(NCCCOC)ncn1. The maximum Gasteiger partial charge on any atom is 0.138 e. The molecule has 1 aromatic heterocycles. The van der Waals surface area contributed by atoms with Gasteiger partial charge in [0, 0.05) is 38.6 Å². The molecule has 0 fully saturated rings. The maximum absolute atomic E-state index is 5.05. The minimum absolute atomic E-state index is 0.745. The summed E-state index contributed by atoms with van der Waals surface area (Å²) in [5.41, 5.74) is 2.38. The second kappa shape index (κ2) is 8.34. The molecule has 0 unspecified atom stereocenters. The van der Waals surface area contributed by atoms with Crippen molar-refractivity contribution in [1.82, 2.24) is 9.97 Å². The lowest BCUT2D eigenvalue weighted by molar-refractivity contribution is 0.198. The summed E-state index contributed by atoms with van der Waals surface area (Å²) in [5, 5.41) is 3.30. The molecule has 118 valence electrons. The highest BCUT2D eigenvalue weighted by Gasteiger charge is 2.09. The number of methoxy groups -OCH3 is 1. The van der Waals surface area contributed by atoms with Gasteiger partial charge in [-0.25, -0.2) is 9.97 Å². The number of hydrogen-bond donors (Lipinski definition) is 1. The normalized spacial score (nSPS) is 10.5. The van der Waals surface area contributed by atoms with Crippen LogP contribution in [0.25, 0.3) is 0 Å². The zero-order chi connectivity index (χ0) is 15.8. The molecule has 1 N–H and O–H groups in total. The van der Waals surface area contributed by atoms with E-state index in [0.717, 1.165) is 43.4 Å². The van der Waals surface area contributed by atoms with Crippen molar-refractivity contribution in [2.75, 3.05) is 37.0 Å². The molecule has 0 aliphatic carbocycles. The molecule has 0 atom stereocenters. The predicted molar refractivity (Wildman–Crippen MR) is 90.9 cm³/mol. The van der Waals surface area contributed by atoms with Crippen LogP contribution in [0.3, 0.4) is 0 Å². The van der Waals surface area contributed by atoms with Crippen molar-refractivity contribution in [2.45, 2.75) is 20.3 Å². The summed E-state index contributed by atoms with van der Waals surface area (Å²) in [7, 11) is 1.71. The monoisotopic (exact) mass is 300 g/mol. The Kier molecular flexibility index (Phi) is 6.15. The predicted octanol–water partition coefficient (Wildman–Crippen LogP) is 3.39. The number of rotatable bonds is 8. The lowest BCUT2D eigenvalue weighted by Gasteiger charge is -2.22. The minimum Gasteiger partial charge on any atom is -0.385 e. The number of aryl methyl sites for hydroxylation is 1. The fourth-order valence-electron chi connectivity index (χ4n) is 2.30. The Morgan fingerprint density at radius 1 is 1.23 bits per heavy atom. The fraction of sp³-hybridized carbons (Fsp3) is 0.412. The van der Waals surface area contributed by atoms with Crippen LogP contribution in [0.2, 0.25) is 0 Å². The molecule has 5 heteroatoms. The van der Waals surface area contributed by atoms with E-state index in [1.807, 2.05) is 6.07 Å². The molecule has 0 spiro atoms. The van der Waals surface area contributed by atoms with E-state index in [0.29, 0.717) is 0 Å². The number of anilines is 3. The summed E-state index contributed by atoms with van der Waals surface area (Å²) >= 11 is 0. The average molecular weight is 300 g/mol. The van der Waals surface area contributed by atoms with Gasteiger partial charge in [-0.1, -0.05) is 12.1 Å². The minimum atomic E-state index is 0.745. The van der Waals surface area contributed by atoms with E-state index in [4.69, 9.17) is 4.74 Å². The zero-order valence-electron chi connectivity index (χ0n) is 13.5. The van der Waals surface area contributed by atoms with Crippen LogP contribution in [-0.2, 0) is 4.74 Å². The molecule has 2 rings (SSSR count). The number of nitrogens with zero attached hydrogens (tertiary/aromatic N) is 3. The van der Waals surface area contributed by atoms with E-state index in [9.17, 15) is 0 Å². The van der Waals surface area contributed by atoms with E-state index in [2.05, 4.69) is 58.3 Å². The molecule has 2 aromatic rings. The van der Waals surface area contributed by atoms with Crippen molar-refractivity contribution < 1.29 is 4.74 Å². The Morgan fingerprint density at radius 2 is 2.09 bits per heavy atom. The van der Waals surface area contributed by atoms with Gasteiger partial charge in [0.25, 0.3) is 0 Å². The van der Waals surface area contributed by atoms with Gasteiger partial charge < -0.3 is 15.0 Å². The number of benzene rings is 1. The molecule has 22 heavy (non-hydrogen) atoms. The van der Waals surface area contributed by atoms with Gasteiger partial charge in [0.2, 0.25) is 0 Å². The van der Waals surface area contributed by atoms with E-state index in [1.165, 1.54) is 5.56 Å². The van der Waals surface area contributed by atoms with Gasteiger partial charge >= 0.3 is 0 Å². The van der Waals surface area contributed by atoms with Gasteiger partial charge in [-0.05, 0) is 38.0 Å². The Bertz CT molecular complexity index is 588. The third kappa shape index (κ3) is 4.43. The molecule has 0 amide bonds. The Morgan fingerprint density at radius 3 is 2.82 bits per heavy atom. The van der Waals surface area contributed by atoms with Crippen LogP contribution in [0.15, 0.2) is 36.7 Å². The Hall–Kier alpha value is -2.14. The highest BCUT2D eigenvalue weighted by Crippen LogP contribution is 2.25.